The Morgan fingerprint density at radius 2 is 1.85 bits per heavy atom. The van der Waals surface area contributed by atoms with Crippen molar-refractivity contribution < 1.29 is 27.5 Å². The Hall–Kier alpha value is -3.57. The van der Waals surface area contributed by atoms with Gasteiger partial charge in [0.1, 0.15) is 17.5 Å². The van der Waals surface area contributed by atoms with Crippen LogP contribution in [-0.4, -0.2) is 65.3 Å². The second kappa shape index (κ2) is 8.65. The number of likely N-dealkylation sites (N-methyl/N-ethyl adjacent to an activating group) is 1. The molecule has 1 saturated heterocycles. The van der Waals surface area contributed by atoms with Crippen LogP contribution >= 0.6 is 0 Å². The lowest BCUT2D eigenvalue weighted by molar-refractivity contribution is -0.274. The Balaban J connectivity index is 1.39. The van der Waals surface area contributed by atoms with Gasteiger partial charge < -0.3 is 25.2 Å². The van der Waals surface area contributed by atoms with Gasteiger partial charge in [-0.2, -0.15) is 4.98 Å². The average Bonchev–Trinajstić information content (AvgIpc) is 2.70. The molecule has 1 atom stereocenters. The zero-order chi connectivity index (χ0) is 24.8. The zero-order valence-electron chi connectivity index (χ0n) is 19.1. The van der Waals surface area contributed by atoms with Crippen LogP contribution in [0.3, 0.4) is 0 Å². The molecule has 1 aromatic carbocycles. The summed E-state index contributed by atoms with van der Waals surface area (Å²) in [5.74, 6) is 0.345. The molecule has 1 aromatic heterocycles. The van der Waals surface area contributed by atoms with E-state index in [0.29, 0.717) is 36.2 Å². The summed E-state index contributed by atoms with van der Waals surface area (Å²) in [5.41, 5.74) is 1.48. The number of alkyl halides is 3. The fourth-order valence-electron chi connectivity index (χ4n) is 4.18. The summed E-state index contributed by atoms with van der Waals surface area (Å²) >= 11 is 0. The second-order valence-corrected chi connectivity index (χ2v) is 8.74. The fourth-order valence-corrected chi connectivity index (χ4v) is 4.18. The molecule has 0 unspecified atom stereocenters. The first-order valence-electron chi connectivity index (χ1n) is 10.8. The molecular formula is C22H25F3N6O3. The lowest BCUT2D eigenvalue weighted by Crippen LogP contribution is -2.57. The normalized spacial score (nSPS) is 18.4. The molecule has 9 nitrogen and oxygen atoms in total. The first kappa shape index (κ1) is 23.6. The number of fused-ring (bicyclic) bond motifs is 1. The summed E-state index contributed by atoms with van der Waals surface area (Å²) in [6.45, 7) is 6.50. The third kappa shape index (κ3) is 4.70. The van der Waals surface area contributed by atoms with E-state index in [2.05, 4.69) is 25.3 Å². The SMILES string of the molecule is Cc1nc(NC2CN(C(=O)c3ccc(OC(F)(F)F)cc3)C2)nc2c1NC(=O)[C@H](C(C)C)N2C. The van der Waals surface area contributed by atoms with Crippen molar-refractivity contribution in [2.24, 2.45) is 5.92 Å². The Kier molecular flexibility index (Phi) is 6.00. The number of amides is 2. The summed E-state index contributed by atoms with van der Waals surface area (Å²) in [5, 5.41) is 6.11. The van der Waals surface area contributed by atoms with E-state index in [1.807, 2.05) is 25.8 Å². The van der Waals surface area contributed by atoms with Crippen molar-refractivity contribution in [1.29, 1.82) is 0 Å². The number of carbonyl (C=O) groups is 2. The van der Waals surface area contributed by atoms with E-state index in [1.165, 1.54) is 12.1 Å². The standard InChI is InChI=1S/C22H25F3N6O3/c1-11(2)17-19(32)28-16-12(3)26-21(29-18(16)30(17)4)27-14-9-31(10-14)20(33)13-5-7-15(8-6-13)34-22(23,24)25/h5-8,11,14,17H,9-10H2,1-4H3,(H,28,32)(H,26,27,29)/t17-/m0/s1. The van der Waals surface area contributed by atoms with Gasteiger partial charge in [-0.25, -0.2) is 4.98 Å². The molecule has 1 fully saturated rings. The van der Waals surface area contributed by atoms with E-state index >= 15 is 0 Å². The molecule has 2 aliphatic heterocycles. The van der Waals surface area contributed by atoms with Crippen molar-refractivity contribution >= 4 is 29.3 Å². The van der Waals surface area contributed by atoms with Gasteiger partial charge in [-0.3, -0.25) is 9.59 Å². The largest absolute Gasteiger partial charge is 0.573 e. The van der Waals surface area contributed by atoms with E-state index in [0.717, 1.165) is 12.1 Å². The number of aromatic nitrogens is 2. The van der Waals surface area contributed by atoms with Crippen LogP contribution in [0.4, 0.5) is 30.6 Å². The molecule has 4 rings (SSSR count). The predicted octanol–water partition coefficient (Wildman–Crippen LogP) is 3.03. The first-order valence-corrected chi connectivity index (χ1v) is 10.8. The number of ether oxygens (including phenoxy) is 1. The van der Waals surface area contributed by atoms with E-state index in [9.17, 15) is 22.8 Å². The summed E-state index contributed by atoms with van der Waals surface area (Å²) in [7, 11) is 1.83. The van der Waals surface area contributed by atoms with Gasteiger partial charge in [0.2, 0.25) is 11.9 Å². The van der Waals surface area contributed by atoms with Crippen LogP contribution < -0.4 is 20.3 Å². The van der Waals surface area contributed by atoms with Gasteiger partial charge in [0.25, 0.3) is 5.91 Å². The van der Waals surface area contributed by atoms with Crippen LogP contribution in [0.2, 0.25) is 0 Å². The van der Waals surface area contributed by atoms with Crippen LogP contribution in [-0.2, 0) is 4.79 Å². The molecular weight excluding hydrogens is 453 g/mol. The molecule has 2 aromatic rings. The van der Waals surface area contributed by atoms with Crippen molar-refractivity contribution in [3.05, 3.63) is 35.5 Å². The van der Waals surface area contributed by atoms with E-state index in [1.54, 1.807) is 11.8 Å². The molecule has 2 amide bonds. The highest BCUT2D eigenvalue weighted by atomic mass is 19.4. The maximum absolute atomic E-state index is 12.6. The Morgan fingerprint density at radius 3 is 2.44 bits per heavy atom. The molecule has 34 heavy (non-hydrogen) atoms. The summed E-state index contributed by atoms with van der Waals surface area (Å²) in [4.78, 5) is 37.5. The van der Waals surface area contributed by atoms with Crippen molar-refractivity contribution in [2.45, 2.75) is 39.2 Å². The summed E-state index contributed by atoms with van der Waals surface area (Å²) < 4.78 is 40.7. The lowest BCUT2D eigenvalue weighted by Gasteiger charge is -2.40. The van der Waals surface area contributed by atoms with E-state index < -0.39 is 6.36 Å². The summed E-state index contributed by atoms with van der Waals surface area (Å²) in [6, 6.07) is 4.39. The third-order valence-electron chi connectivity index (χ3n) is 5.81. The number of rotatable bonds is 5. The number of carbonyl (C=O) groups excluding carboxylic acids is 2. The highest BCUT2D eigenvalue weighted by Crippen LogP contribution is 2.34. The van der Waals surface area contributed by atoms with Gasteiger partial charge in [0.15, 0.2) is 5.82 Å². The minimum Gasteiger partial charge on any atom is -0.406 e. The van der Waals surface area contributed by atoms with Crippen LogP contribution in [0, 0.1) is 12.8 Å². The number of aryl methyl sites for hydroxylation is 1. The number of hydrogen-bond donors (Lipinski definition) is 2. The molecule has 12 heteroatoms. The minimum atomic E-state index is -4.78. The van der Waals surface area contributed by atoms with Gasteiger partial charge in [0, 0.05) is 25.7 Å². The smallest absolute Gasteiger partial charge is 0.406 e. The number of likely N-dealkylation sites (tertiary alicyclic amines) is 1. The van der Waals surface area contributed by atoms with Gasteiger partial charge in [-0.05, 0) is 37.1 Å². The summed E-state index contributed by atoms with van der Waals surface area (Å²) in [6.07, 6.45) is -4.78. The van der Waals surface area contributed by atoms with Crippen molar-refractivity contribution in [2.75, 3.05) is 35.7 Å². The molecule has 0 saturated carbocycles. The van der Waals surface area contributed by atoms with Gasteiger partial charge in [-0.15, -0.1) is 13.2 Å². The highest BCUT2D eigenvalue weighted by Gasteiger charge is 2.37. The average molecular weight is 478 g/mol. The Morgan fingerprint density at radius 1 is 1.21 bits per heavy atom. The van der Waals surface area contributed by atoms with Crippen molar-refractivity contribution in [3.8, 4) is 5.75 Å². The van der Waals surface area contributed by atoms with Crippen LogP contribution in [0.5, 0.6) is 5.75 Å². The number of hydrogen-bond acceptors (Lipinski definition) is 7. The fraction of sp³-hybridized carbons (Fsp3) is 0.455. The third-order valence-corrected chi connectivity index (χ3v) is 5.81. The topological polar surface area (TPSA) is 99.7 Å². The van der Waals surface area contributed by atoms with Crippen molar-refractivity contribution in [1.82, 2.24) is 14.9 Å². The van der Waals surface area contributed by atoms with Crippen LogP contribution in [0.1, 0.15) is 29.9 Å². The molecule has 3 heterocycles. The number of nitrogens with one attached hydrogen (secondary N) is 2. The second-order valence-electron chi connectivity index (χ2n) is 8.74. The zero-order valence-corrected chi connectivity index (χ0v) is 19.1. The molecule has 0 bridgehead atoms. The Labute approximate surface area is 194 Å². The lowest BCUT2D eigenvalue weighted by atomic mass is 9.99. The van der Waals surface area contributed by atoms with Crippen LogP contribution in [0.25, 0.3) is 0 Å². The van der Waals surface area contributed by atoms with E-state index in [-0.39, 0.29) is 41.1 Å². The molecule has 0 spiro atoms. The van der Waals surface area contributed by atoms with Gasteiger partial charge in [0.05, 0.1) is 11.7 Å². The van der Waals surface area contributed by atoms with Crippen molar-refractivity contribution in [3.63, 3.8) is 0 Å². The maximum atomic E-state index is 12.6. The quantitative estimate of drug-likeness (QED) is 0.682. The number of halogens is 3. The molecule has 2 aliphatic rings. The Bertz CT molecular complexity index is 1100. The van der Waals surface area contributed by atoms with Gasteiger partial charge in [-0.1, -0.05) is 13.8 Å². The monoisotopic (exact) mass is 478 g/mol. The predicted molar refractivity (Wildman–Crippen MR) is 119 cm³/mol. The van der Waals surface area contributed by atoms with Gasteiger partial charge >= 0.3 is 6.36 Å². The van der Waals surface area contributed by atoms with Crippen LogP contribution in [0.15, 0.2) is 24.3 Å². The maximum Gasteiger partial charge on any atom is 0.573 e. The number of nitrogens with zero attached hydrogens (tertiary/aromatic N) is 4. The molecule has 0 radical (unpaired) electrons. The first-order chi connectivity index (χ1) is 15.9. The van der Waals surface area contributed by atoms with E-state index in [4.69, 9.17) is 0 Å². The number of benzene rings is 1. The molecule has 2 N–H and O–H groups in total. The molecule has 0 aliphatic carbocycles. The highest BCUT2D eigenvalue weighted by molar-refractivity contribution is 6.03. The number of anilines is 3. The molecule has 182 valence electrons. The minimum absolute atomic E-state index is 0.0846.